The standard InChI is InChI=1S/C17H19NOS/c1-13-8-9-15(20-13)16(19)18-12-17(10-5-11-17)14-6-3-2-4-7-14/h2-4,6-9H,5,10-12H2,1H3,(H,18,19). The van der Waals surface area contributed by atoms with Crippen molar-refractivity contribution in [2.45, 2.75) is 31.6 Å². The summed E-state index contributed by atoms with van der Waals surface area (Å²) in [5.74, 6) is 0.0605. The van der Waals surface area contributed by atoms with E-state index in [1.807, 2.05) is 25.1 Å². The van der Waals surface area contributed by atoms with Crippen LogP contribution in [0.3, 0.4) is 0 Å². The van der Waals surface area contributed by atoms with Crippen LogP contribution in [0.5, 0.6) is 0 Å². The minimum absolute atomic E-state index is 0.0605. The third kappa shape index (κ3) is 2.50. The van der Waals surface area contributed by atoms with Crippen molar-refractivity contribution in [2.24, 2.45) is 0 Å². The smallest absolute Gasteiger partial charge is 0.261 e. The molecule has 1 aliphatic rings. The van der Waals surface area contributed by atoms with E-state index in [0.29, 0.717) is 0 Å². The third-order valence-electron chi connectivity index (χ3n) is 4.25. The van der Waals surface area contributed by atoms with Crippen molar-refractivity contribution >= 4 is 17.2 Å². The van der Waals surface area contributed by atoms with E-state index in [1.54, 1.807) is 11.3 Å². The Morgan fingerprint density at radius 3 is 2.50 bits per heavy atom. The lowest BCUT2D eigenvalue weighted by Gasteiger charge is -2.42. The van der Waals surface area contributed by atoms with Crippen LogP contribution in [0.4, 0.5) is 0 Å². The van der Waals surface area contributed by atoms with Crippen LogP contribution in [0.25, 0.3) is 0 Å². The molecule has 1 aromatic heterocycles. The van der Waals surface area contributed by atoms with Crippen molar-refractivity contribution in [3.63, 3.8) is 0 Å². The topological polar surface area (TPSA) is 29.1 Å². The molecule has 0 saturated heterocycles. The lowest BCUT2D eigenvalue weighted by atomic mass is 9.64. The molecule has 2 nitrogen and oxygen atoms in total. The summed E-state index contributed by atoms with van der Waals surface area (Å²) < 4.78 is 0. The first-order chi connectivity index (χ1) is 9.70. The number of carbonyl (C=O) groups is 1. The molecule has 0 unspecified atom stereocenters. The molecule has 104 valence electrons. The average Bonchev–Trinajstić information content (AvgIpc) is 2.85. The fourth-order valence-electron chi connectivity index (χ4n) is 2.86. The van der Waals surface area contributed by atoms with E-state index in [0.717, 1.165) is 11.4 Å². The maximum absolute atomic E-state index is 12.2. The van der Waals surface area contributed by atoms with Crippen LogP contribution in [0.15, 0.2) is 42.5 Å². The highest BCUT2D eigenvalue weighted by Gasteiger charge is 2.38. The van der Waals surface area contributed by atoms with Gasteiger partial charge in [-0.1, -0.05) is 36.8 Å². The Kier molecular flexibility index (Phi) is 3.62. The van der Waals surface area contributed by atoms with Gasteiger partial charge in [0.2, 0.25) is 0 Å². The number of carbonyl (C=O) groups excluding carboxylic acids is 1. The molecule has 3 rings (SSSR count). The summed E-state index contributed by atoms with van der Waals surface area (Å²) in [6.45, 7) is 2.77. The van der Waals surface area contributed by atoms with Crippen molar-refractivity contribution in [2.75, 3.05) is 6.54 Å². The zero-order valence-electron chi connectivity index (χ0n) is 11.7. The van der Waals surface area contributed by atoms with Gasteiger partial charge in [-0.3, -0.25) is 4.79 Å². The molecule has 1 N–H and O–H groups in total. The molecule has 0 spiro atoms. The SMILES string of the molecule is Cc1ccc(C(=O)NCC2(c3ccccc3)CCC2)s1. The molecule has 1 heterocycles. The maximum atomic E-state index is 12.2. The first-order valence-electron chi connectivity index (χ1n) is 7.10. The summed E-state index contributed by atoms with van der Waals surface area (Å²) in [6.07, 6.45) is 3.59. The number of aryl methyl sites for hydroxylation is 1. The van der Waals surface area contributed by atoms with Crippen molar-refractivity contribution in [3.8, 4) is 0 Å². The highest BCUT2D eigenvalue weighted by Crippen LogP contribution is 2.43. The number of hydrogen-bond donors (Lipinski definition) is 1. The molecule has 0 bridgehead atoms. The van der Waals surface area contributed by atoms with Gasteiger partial charge >= 0.3 is 0 Å². The van der Waals surface area contributed by atoms with Gasteiger partial charge < -0.3 is 5.32 Å². The Balaban J connectivity index is 1.69. The van der Waals surface area contributed by atoms with Gasteiger partial charge in [0.1, 0.15) is 0 Å². The molecular weight excluding hydrogens is 266 g/mol. The summed E-state index contributed by atoms with van der Waals surface area (Å²) >= 11 is 1.56. The number of nitrogens with one attached hydrogen (secondary N) is 1. The largest absolute Gasteiger partial charge is 0.350 e. The van der Waals surface area contributed by atoms with Crippen molar-refractivity contribution in [1.82, 2.24) is 5.32 Å². The zero-order valence-corrected chi connectivity index (χ0v) is 12.5. The Hall–Kier alpha value is -1.61. The van der Waals surface area contributed by atoms with Crippen LogP contribution >= 0.6 is 11.3 Å². The van der Waals surface area contributed by atoms with Crippen molar-refractivity contribution < 1.29 is 4.79 Å². The van der Waals surface area contributed by atoms with Gasteiger partial charge in [0.25, 0.3) is 5.91 Å². The molecule has 1 saturated carbocycles. The molecule has 20 heavy (non-hydrogen) atoms. The Morgan fingerprint density at radius 2 is 1.95 bits per heavy atom. The van der Waals surface area contributed by atoms with Crippen LogP contribution in [0.1, 0.15) is 39.4 Å². The van der Waals surface area contributed by atoms with Crippen molar-refractivity contribution in [3.05, 3.63) is 57.8 Å². The third-order valence-corrected chi connectivity index (χ3v) is 5.25. The second-order valence-electron chi connectivity index (χ2n) is 5.59. The first kappa shape index (κ1) is 13.4. The molecule has 1 aliphatic carbocycles. The minimum Gasteiger partial charge on any atom is -0.350 e. The fourth-order valence-corrected chi connectivity index (χ4v) is 3.64. The second-order valence-corrected chi connectivity index (χ2v) is 6.88. The highest BCUT2D eigenvalue weighted by atomic mass is 32.1. The van der Waals surface area contributed by atoms with Gasteiger partial charge in [0, 0.05) is 16.8 Å². The van der Waals surface area contributed by atoms with Crippen LogP contribution in [0, 0.1) is 6.92 Å². The maximum Gasteiger partial charge on any atom is 0.261 e. The van der Waals surface area contributed by atoms with Gasteiger partial charge in [0.05, 0.1) is 4.88 Å². The molecule has 0 radical (unpaired) electrons. The Bertz CT molecular complexity index is 598. The quantitative estimate of drug-likeness (QED) is 0.906. The van der Waals surface area contributed by atoms with Gasteiger partial charge in [-0.2, -0.15) is 0 Å². The van der Waals surface area contributed by atoms with E-state index >= 15 is 0 Å². The van der Waals surface area contributed by atoms with Crippen LogP contribution in [0.2, 0.25) is 0 Å². The highest BCUT2D eigenvalue weighted by molar-refractivity contribution is 7.13. The summed E-state index contributed by atoms with van der Waals surface area (Å²) in [6, 6.07) is 14.5. The van der Waals surface area contributed by atoms with E-state index in [4.69, 9.17) is 0 Å². The molecular formula is C17H19NOS. The molecule has 1 amide bonds. The lowest BCUT2D eigenvalue weighted by molar-refractivity contribution is 0.0932. The summed E-state index contributed by atoms with van der Waals surface area (Å²) in [4.78, 5) is 14.2. The predicted octanol–water partition coefficient (Wildman–Crippen LogP) is 3.91. The van der Waals surface area contributed by atoms with Crippen LogP contribution in [-0.2, 0) is 5.41 Å². The summed E-state index contributed by atoms with van der Waals surface area (Å²) in [5.41, 5.74) is 1.51. The molecule has 0 aliphatic heterocycles. The fraction of sp³-hybridized carbons (Fsp3) is 0.353. The number of thiophene rings is 1. The number of amides is 1. The molecule has 1 aromatic carbocycles. The average molecular weight is 285 g/mol. The second kappa shape index (κ2) is 5.41. The zero-order chi connectivity index (χ0) is 14.0. The number of benzene rings is 1. The van der Waals surface area contributed by atoms with Gasteiger partial charge in [-0.15, -0.1) is 11.3 Å². The number of hydrogen-bond acceptors (Lipinski definition) is 2. The Labute approximate surface area is 123 Å². The molecule has 3 heteroatoms. The van der Waals surface area contributed by atoms with Gasteiger partial charge in [-0.25, -0.2) is 0 Å². The first-order valence-corrected chi connectivity index (χ1v) is 7.91. The van der Waals surface area contributed by atoms with Crippen LogP contribution in [-0.4, -0.2) is 12.5 Å². The summed E-state index contributed by atoms with van der Waals surface area (Å²) in [5, 5.41) is 3.13. The molecule has 0 atom stereocenters. The lowest BCUT2D eigenvalue weighted by Crippen LogP contribution is -2.45. The number of rotatable bonds is 4. The van der Waals surface area contributed by atoms with Gasteiger partial charge in [-0.05, 0) is 37.5 Å². The predicted molar refractivity (Wildman–Crippen MR) is 83.4 cm³/mol. The van der Waals surface area contributed by atoms with Crippen LogP contribution < -0.4 is 5.32 Å². The van der Waals surface area contributed by atoms with E-state index < -0.39 is 0 Å². The normalized spacial score (nSPS) is 16.4. The summed E-state index contributed by atoms with van der Waals surface area (Å²) in [7, 11) is 0. The van der Waals surface area contributed by atoms with E-state index in [1.165, 1.54) is 29.7 Å². The molecule has 1 fully saturated rings. The van der Waals surface area contributed by atoms with E-state index in [-0.39, 0.29) is 11.3 Å². The van der Waals surface area contributed by atoms with E-state index in [9.17, 15) is 4.79 Å². The monoisotopic (exact) mass is 285 g/mol. The van der Waals surface area contributed by atoms with Gasteiger partial charge in [0.15, 0.2) is 0 Å². The Morgan fingerprint density at radius 1 is 1.20 bits per heavy atom. The van der Waals surface area contributed by atoms with Crippen molar-refractivity contribution in [1.29, 1.82) is 0 Å². The molecule has 2 aromatic rings. The minimum atomic E-state index is 0.0605. The van der Waals surface area contributed by atoms with E-state index in [2.05, 4.69) is 29.6 Å².